The van der Waals surface area contributed by atoms with Gasteiger partial charge in [-0.15, -0.1) is 11.3 Å². The number of nitrogens with one attached hydrogen (secondary N) is 1. The van der Waals surface area contributed by atoms with E-state index in [4.69, 9.17) is 9.72 Å². The lowest BCUT2D eigenvalue weighted by atomic mass is 10.1. The Morgan fingerprint density at radius 1 is 1.37 bits per heavy atom. The summed E-state index contributed by atoms with van der Waals surface area (Å²) >= 11 is 1.94. The summed E-state index contributed by atoms with van der Waals surface area (Å²) in [5, 5.41) is 4.87. The van der Waals surface area contributed by atoms with Crippen LogP contribution in [0.15, 0.2) is 0 Å². The summed E-state index contributed by atoms with van der Waals surface area (Å²) in [4.78, 5) is 6.43. The largest absolute Gasteiger partial charge is 0.381 e. The smallest absolute Gasteiger partial charge is 0.0935 e. The zero-order valence-corrected chi connectivity index (χ0v) is 12.6. The first-order valence-corrected chi connectivity index (χ1v) is 8.45. The molecule has 1 aliphatic heterocycles. The lowest BCUT2D eigenvalue weighted by Crippen LogP contribution is -2.13. The van der Waals surface area contributed by atoms with E-state index in [1.165, 1.54) is 41.3 Å². The molecule has 0 aromatic carbocycles. The van der Waals surface area contributed by atoms with Crippen molar-refractivity contribution in [2.75, 3.05) is 19.8 Å². The van der Waals surface area contributed by atoms with Gasteiger partial charge in [-0.25, -0.2) is 4.98 Å². The van der Waals surface area contributed by atoms with Crippen LogP contribution < -0.4 is 5.32 Å². The molecular weight excluding hydrogens is 256 g/mol. The standard InChI is InChI=1S/C15H24N2OS/c1-2-6-16-9-13-15(12-3-4-12)17-14(19-13)8-11-5-7-18-10-11/h11-12,16H,2-10H2,1H3. The highest BCUT2D eigenvalue weighted by molar-refractivity contribution is 7.11. The molecule has 1 aromatic rings. The molecule has 1 unspecified atom stereocenters. The van der Waals surface area contributed by atoms with E-state index in [1.807, 2.05) is 11.3 Å². The Morgan fingerprint density at radius 3 is 2.95 bits per heavy atom. The van der Waals surface area contributed by atoms with Crippen LogP contribution in [0.3, 0.4) is 0 Å². The molecule has 4 heteroatoms. The molecule has 1 atom stereocenters. The van der Waals surface area contributed by atoms with Gasteiger partial charge in [0.15, 0.2) is 0 Å². The summed E-state index contributed by atoms with van der Waals surface area (Å²) in [6.45, 7) is 6.21. The predicted octanol–water partition coefficient (Wildman–Crippen LogP) is 3.10. The quantitative estimate of drug-likeness (QED) is 0.779. The lowest BCUT2D eigenvalue weighted by molar-refractivity contribution is 0.186. The van der Waals surface area contributed by atoms with Crippen molar-refractivity contribution < 1.29 is 4.74 Å². The average Bonchev–Trinajstić information content (AvgIpc) is 2.98. The molecule has 1 N–H and O–H groups in total. The zero-order chi connectivity index (χ0) is 13.1. The summed E-state index contributed by atoms with van der Waals surface area (Å²) < 4.78 is 5.47. The third-order valence-electron chi connectivity index (χ3n) is 3.94. The van der Waals surface area contributed by atoms with Gasteiger partial charge in [0.05, 0.1) is 10.7 Å². The molecule has 0 radical (unpaired) electrons. The summed E-state index contributed by atoms with van der Waals surface area (Å²) in [5.41, 5.74) is 1.41. The Kier molecular flexibility index (Phi) is 4.51. The summed E-state index contributed by atoms with van der Waals surface area (Å²) in [6, 6.07) is 0. The molecule has 0 amide bonds. The van der Waals surface area contributed by atoms with Crippen molar-refractivity contribution in [3.63, 3.8) is 0 Å². The van der Waals surface area contributed by atoms with Gasteiger partial charge in [0.25, 0.3) is 0 Å². The molecular formula is C15H24N2OS. The van der Waals surface area contributed by atoms with Crippen molar-refractivity contribution in [1.29, 1.82) is 0 Å². The van der Waals surface area contributed by atoms with Crippen LogP contribution in [-0.2, 0) is 17.7 Å². The summed E-state index contributed by atoms with van der Waals surface area (Å²) in [7, 11) is 0. The van der Waals surface area contributed by atoms with Gasteiger partial charge in [-0.05, 0) is 38.1 Å². The minimum atomic E-state index is 0.703. The first-order valence-electron chi connectivity index (χ1n) is 7.63. The Labute approximate surface area is 119 Å². The van der Waals surface area contributed by atoms with E-state index in [2.05, 4.69) is 12.2 Å². The maximum absolute atomic E-state index is 5.47. The minimum Gasteiger partial charge on any atom is -0.381 e. The number of hydrogen-bond donors (Lipinski definition) is 1. The van der Waals surface area contributed by atoms with E-state index >= 15 is 0 Å². The van der Waals surface area contributed by atoms with E-state index in [-0.39, 0.29) is 0 Å². The molecule has 0 spiro atoms. The molecule has 0 bridgehead atoms. The fourth-order valence-corrected chi connectivity index (χ4v) is 3.91. The van der Waals surface area contributed by atoms with Crippen LogP contribution in [-0.4, -0.2) is 24.7 Å². The number of rotatable bonds is 7. The zero-order valence-electron chi connectivity index (χ0n) is 11.8. The van der Waals surface area contributed by atoms with Crippen molar-refractivity contribution in [3.8, 4) is 0 Å². The van der Waals surface area contributed by atoms with Gasteiger partial charge in [0, 0.05) is 37.0 Å². The first kappa shape index (κ1) is 13.5. The monoisotopic (exact) mass is 280 g/mol. The normalized spacial score (nSPS) is 23.1. The molecule has 106 valence electrons. The van der Waals surface area contributed by atoms with Gasteiger partial charge in [0.1, 0.15) is 0 Å². The molecule has 1 saturated heterocycles. The molecule has 3 nitrogen and oxygen atoms in total. The molecule has 1 aromatic heterocycles. The molecule has 2 aliphatic rings. The Hall–Kier alpha value is -0.450. The predicted molar refractivity (Wildman–Crippen MR) is 78.7 cm³/mol. The second kappa shape index (κ2) is 6.33. The third-order valence-corrected chi connectivity index (χ3v) is 5.03. The van der Waals surface area contributed by atoms with E-state index in [0.717, 1.165) is 38.6 Å². The maximum Gasteiger partial charge on any atom is 0.0935 e. The highest BCUT2D eigenvalue weighted by Gasteiger charge is 2.30. The maximum atomic E-state index is 5.47. The van der Waals surface area contributed by atoms with Gasteiger partial charge >= 0.3 is 0 Å². The molecule has 3 rings (SSSR count). The number of ether oxygens (including phenoxy) is 1. The highest BCUT2D eigenvalue weighted by Crippen LogP contribution is 2.43. The molecule has 19 heavy (non-hydrogen) atoms. The Balaban J connectivity index is 1.64. The molecule has 2 heterocycles. The van der Waals surface area contributed by atoms with Crippen molar-refractivity contribution in [2.24, 2.45) is 5.92 Å². The Morgan fingerprint density at radius 2 is 2.26 bits per heavy atom. The van der Waals surface area contributed by atoms with E-state index in [0.29, 0.717) is 5.92 Å². The van der Waals surface area contributed by atoms with Gasteiger partial charge in [0.2, 0.25) is 0 Å². The van der Waals surface area contributed by atoms with Crippen molar-refractivity contribution in [1.82, 2.24) is 10.3 Å². The van der Waals surface area contributed by atoms with Crippen LogP contribution in [0.1, 0.15) is 54.1 Å². The van der Waals surface area contributed by atoms with Crippen LogP contribution in [0.4, 0.5) is 0 Å². The van der Waals surface area contributed by atoms with E-state index < -0.39 is 0 Å². The van der Waals surface area contributed by atoms with Gasteiger partial charge in [-0.2, -0.15) is 0 Å². The minimum absolute atomic E-state index is 0.703. The fraction of sp³-hybridized carbons (Fsp3) is 0.800. The molecule has 2 fully saturated rings. The van der Waals surface area contributed by atoms with Crippen molar-refractivity contribution >= 4 is 11.3 Å². The van der Waals surface area contributed by atoms with Gasteiger partial charge < -0.3 is 10.1 Å². The van der Waals surface area contributed by atoms with Crippen LogP contribution in [0.5, 0.6) is 0 Å². The van der Waals surface area contributed by atoms with Crippen molar-refractivity contribution in [3.05, 3.63) is 15.6 Å². The summed E-state index contributed by atoms with van der Waals surface area (Å²) in [5.74, 6) is 1.47. The molecule has 1 saturated carbocycles. The second-order valence-corrected chi connectivity index (χ2v) is 6.97. The molecule has 1 aliphatic carbocycles. The van der Waals surface area contributed by atoms with Crippen LogP contribution >= 0.6 is 11.3 Å². The SMILES string of the molecule is CCCNCc1sc(CC2CCOC2)nc1C1CC1. The lowest BCUT2D eigenvalue weighted by Gasteiger charge is -2.02. The number of thiazole rings is 1. The van der Waals surface area contributed by atoms with Gasteiger partial charge in [-0.1, -0.05) is 6.92 Å². The fourth-order valence-electron chi connectivity index (χ4n) is 2.67. The van der Waals surface area contributed by atoms with Gasteiger partial charge in [-0.3, -0.25) is 0 Å². The summed E-state index contributed by atoms with van der Waals surface area (Å²) in [6.07, 6.45) is 6.22. The van der Waals surface area contributed by atoms with Crippen molar-refractivity contribution in [2.45, 2.75) is 51.5 Å². The van der Waals surface area contributed by atoms with E-state index in [1.54, 1.807) is 0 Å². The Bertz CT molecular complexity index is 408. The number of hydrogen-bond acceptors (Lipinski definition) is 4. The second-order valence-electron chi connectivity index (χ2n) is 5.80. The van der Waals surface area contributed by atoms with Crippen LogP contribution in [0.2, 0.25) is 0 Å². The highest BCUT2D eigenvalue weighted by atomic mass is 32.1. The number of aromatic nitrogens is 1. The van der Waals surface area contributed by atoms with Crippen LogP contribution in [0.25, 0.3) is 0 Å². The average molecular weight is 280 g/mol. The number of nitrogens with zero attached hydrogens (tertiary/aromatic N) is 1. The first-order chi connectivity index (χ1) is 9.36. The van der Waals surface area contributed by atoms with Crippen LogP contribution in [0, 0.1) is 5.92 Å². The van der Waals surface area contributed by atoms with E-state index in [9.17, 15) is 0 Å². The third kappa shape index (κ3) is 3.56. The topological polar surface area (TPSA) is 34.1 Å².